The minimum absolute atomic E-state index is 0.101. The Morgan fingerprint density at radius 3 is 2.50 bits per heavy atom. The molecule has 16 heavy (non-hydrogen) atoms. The molecule has 1 aromatic carbocycles. The fourth-order valence-electron chi connectivity index (χ4n) is 1.59. The molecule has 0 radical (unpaired) electrons. The van der Waals surface area contributed by atoms with Crippen LogP contribution in [-0.2, 0) is 0 Å². The molecule has 2 rings (SSSR count). The van der Waals surface area contributed by atoms with Crippen LogP contribution in [0.4, 0.5) is 0 Å². The normalized spacial score (nSPS) is 10.4. The van der Waals surface area contributed by atoms with Gasteiger partial charge in [-0.2, -0.15) is 0 Å². The van der Waals surface area contributed by atoms with Gasteiger partial charge in [0.05, 0.1) is 19.6 Å². The summed E-state index contributed by atoms with van der Waals surface area (Å²) in [4.78, 5) is 11.8. The molecule has 0 aliphatic carbocycles. The van der Waals surface area contributed by atoms with Gasteiger partial charge in [0.25, 0.3) is 0 Å². The van der Waals surface area contributed by atoms with E-state index in [1.54, 1.807) is 19.1 Å². The van der Waals surface area contributed by atoms with Crippen LogP contribution >= 0.6 is 0 Å². The number of rotatable bonds is 2. The Bertz CT molecular complexity index is 583. The standard InChI is InChI=1S/C12H12O4/c1-7-4-10(13)9-5-8(14-2)6-11(15-3)12(9)16-7/h4-6H,1-3H3. The zero-order chi connectivity index (χ0) is 11.7. The first-order valence-electron chi connectivity index (χ1n) is 4.82. The maximum absolute atomic E-state index is 11.8. The van der Waals surface area contributed by atoms with E-state index in [0.717, 1.165) is 0 Å². The summed E-state index contributed by atoms with van der Waals surface area (Å²) < 4.78 is 15.7. The minimum Gasteiger partial charge on any atom is -0.497 e. The van der Waals surface area contributed by atoms with Crippen molar-refractivity contribution in [2.45, 2.75) is 6.92 Å². The van der Waals surface area contributed by atoms with Crippen LogP contribution in [0.1, 0.15) is 5.76 Å². The van der Waals surface area contributed by atoms with Crippen LogP contribution < -0.4 is 14.9 Å². The lowest BCUT2D eigenvalue weighted by Crippen LogP contribution is -2.02. The van der Waals surface area contributed by atoms with Crippen LogP contribution in [0.3, 0.4) is 0 Å². The van der Waals surface area contributed by atoms with Gasteiger partial charge in [-0.15, -0.1) is 0 Å². The Morgan fingerprint density at radius 1 is 1.12 bits per heavy atom. The Labute approximate surface area is 92.4 Å². The van der Waals surface area contributed by atoms with Crippen LogP contribution in [0, 0.1) is 6.92 Å². The van der Waals surface area contributed by atoms with Gasteiger partial charge >= 0.3 is 0 Å². The summed E-state index contributed by atoms with van der Waals surface area (Å²) in [5, 5.41) is 0.460. The first kappa shape index (κ1) is 10.5. The molecule has 0 atom stereocenters. The monoisotopic (exact) mass is 220 g/mol. The van der Waals surface area contributed by atoms with E-state index in [9.17, 15) is 4.79 Å². The van der Waals surface area contributed by atoms with Crippen molar-refractivity contribution in [2.24, 2.45) is 0 Å². The van der Waals surface area contributed by atoms with Crippen molar-refractivity contribution in [1.82, 2.24) is 0 Å². The summed E-state index contributed by atoms with van der Waals surface area (Å²) in [5.74, 6) is 1.62. The number of hydrogen-bond donors (Lipinski definition) is 0. The van der Waals surface area contributed by atoms with E-state index in [2.05, 4.69) is 0 Å². The summed E-state index contributed by atoms with van der Waals surface area (Å²) in [7, 11) is 3.06. The lowest BCUT2D eigenvalue weighted by molar-refractivity contribution is 0.390. The van der Waals surface area contributed by atoms with Crippen molar-refractivity contribution in [2.75, 3.05) is 14.2 Å². The second-order valence-electron chi connectivity index (χ2n) is 3.43. The quantitative estimate of drug-likeness (QED) is 0.777. The number of benzene rings is 1. The van der Waals surface area contributed by atoms with E-state index in [4.69, 9.17) is 13.9 Å². The number of methoxy groups -OCH3 is 2. The summed E-state index contributed by atoms with van der Waals surface area (Å²) in [6.45, 7) is 1.73. The molecular weight excluding hydrogens is 208 g/mol. The molecule has 0 fully saturated rings. The summed E-state index contributed by atoms with van der Waals surface area (Å²) in [6.07, 6.45) is 0. The van der Waals surface area contributed by atoms with E-state index in [1.165, 1.54) is 20.3 Å². The van der Waals surface area contributed by atoms with Crippen molar-refractivity contribution < 1.29 is 13.9 Å². The number of fused-ring (bicyclic) bond motifs is 1. The van der Waals surface area contributed by atoms with Gasteiger partial charge in [0.1, 0.15) is 11.5 Å². The first-order valence-corrected chi connectivity index (χ1v) is 4.82. The van der Waals surface area contributed by atoms with Crippen LogP contribution in [-0.4, -0.2) is 14.2 Å². The third-order valence-corrected chi connectivity index (χ3v) is 2.35. The molecule has 1 heterocycles. The van der Waals surface area contributed by atoms with Crippen LogP contribution in [0.5, 0.6) is 11.5 Å². The molecule has 0 aliphatic rings. The summed E-state index contributed by atoms with van der Waals surface area (Å²) in [5.41, 5.74) is 0.351. The molecule has 84 valence electrons. The molecule has 0 amide bonds. The van der Waals surface area contributed by atoms with Gasteiger partial charge in [0.2, 0.25) is 0 Å². The van der Waals surface area contributed by atoms with Crippen LogP contribution in [0.25, 0.3) is 11.0 Å². The Hall–Kier alpha value is -1.97. The summed E-state index contributed by atoms with van der Waals surface area (Å²) >= 11 is 0. The van der Waals surface area contributed by atoms with Crippen molar-refractivity contribution in [3.63, 3.8) is 0 Å². The zero-order valence-corrected chi connectivity index (χ0v) is 9.37. The van der Waals surface area contributed by atoms with Gasteiger partial charge in [-0.05, 0) is 13.0 Å². The molecule has 0 unspecified atom stereocenters. The third kappa shape index (κ3) is 1.62. The second-order valence-corrected chi connectivity index (χ2v) is 3.43. The van der Waals surface area contributed by atoms with E-state index >= 15 is 0 Å². The van der Waals surface area contributed by atoms with E-state index in [0.29, 0.717) is 28.2 Å². The molecule has 0 spiro atoms. The molecule has 0 saturated carbocycles. The van der Waals surface area contributed by atoms with Crippen molar-refractivity contribution >= 4 is 11.0 Å². The van der Waals surface area contributed by atoms with E-state index in [1.807, 2.05) is 0 Å². The van der Waals surface area contributed by atoms with Crippen LogP contribution in [0.2, 0.25) is 0 Å². The lowest BCUT2D eigenvalue weighted by Gasteiger charge is -2.07. The van der Waals surface area contributed by atoms with Gasteiger partial charge in [0.15, 0.2) is 16.8 Å². The zero-order valence-electron chi connectivity index (χ0n) is 9.37. The molecule has 0 saturated heterocycles. The molecule has 2 aromatic rings. The number of ether oxygens (including phenoxy) is 2. The van der Waals surface area contributed by atoms with E-state index in [-0.39, 0.29) is 5.43 Å². The van der Waals surface area contributed by atoms with Gasteiger partial charge < -0.3 is 13.9 Å². The Kier molecular flexibility index (Phi) is 2.56. The second kappa shape index (κ2) is 3.89. The largest absolute Gasteiger partial charge is 0.497 e. The smallest absolute Gasteiger partial charge is 0.193 e. The Morgan fingerprint density at radius 2 is 1.88 bits per heavy atom. The van der Waals surface area contributed by atoms with Gasteiger partial charge in [-0.3, -0.25) is 4.79 Å². The molecule has 0 bridgehead atoms. The Balaban J connectivity index is 2.89. The fraction of sp³-hybridized carbons (Fsp3) is 0.250. The average molecular weight is 220 g/mol. The maximum atomic E-state index is 11.8. The molecule has 1 aromatic heterocycles. The predicted octanol–water partition coefficient (Wildman–Crippen LogP) is 2.12. The van der Waals surface area contributed by atoms with Crippen LogP contribution in [0.15, 0.2) is 27.4 Å². The van der Waals surface area contributed by atoms with Crippen molar-refractivity contribution in [1.29, 1.82) is 0 Å². The van der Waals surface area contributed by atoms with Gasteiger partial charge in [-0.25, -0.2) is 0 Å². The SMILES string of the molecule is COc1cc(OC)c2oc(C)cc(=O)c2c1. The highest BCUT2D eigenvalue weighted by Gasteiger charge is 2.10. The molecule has 4 heteroatoms. The first-order chi connectivity index (χ1) is 7.65. The van der Waals surface area contributed by atoms with Gasteiger partial charge in [0, 0.05) is 12.1 Å². The maximum Gasteiger partial charge on any atom is 0.193 e. The highest BCUT2D eigenvalue weighted by molar-refractivity contribution is 5.84. The average Bonchev–Trinajstić information content (AvgIpc) is 2.28. The molecule has 0 N–H and O–H groups in total. The highest BCUT2D eigenvalue weighted by atomic mass is 16.5. The minimum atomic E-state index is -0.101. The molecule has 4 nitrogen and oxygen atoms in total. The molecular formula is C12H12O4. The summed E-state index contributed by atoms with van der Waals surface area (Å²) in [6, 6.07) is 4.77. The third-order valence-electron chi connectivity index (χ3n) is 2.35. The van der Waals surface area contributed by atoms with E-state index < -0.39 is 0 Å². The van der Waals surface area contributed by atoms with Gasteiger partial charge in [-0.1, -0.05) is 0 Å². The topological polar surface area (TPSA) is 48.7 Å². The fourth-order valence-corrected chi connectivity index (χ4v) is 1.59. The molecule has 0 aliphatic heterocycles. The van der Waals surface area contributed by atoms with Crippen molar-refractivity contribution in [3.05, 3.63) is 34.2 Å². The lowest BCUT2D eigenvalue weighted by atomic mass is 10.2. The van der Waals surface area contributed by atoms with Crippen molar-refractivity contribution in [3.8, 4) is 11.5 Å². The predicted molar refractivity (Wildman–Crippen MR) is 60.3 cm³/mol. The number of aryl methyl sites for hydroxylation is 1. The number of hydrogen-bond acceptors (Lipinski definition) is 4. The highest BCUT2D eigenvalue weighted by Crippen LogP contribution is 2.29.